The summed E-state index contributed by atoms with van der Waals surface area (Å²) < 4.78 is 9.08. The fourth-order valence-electron chi connectivity index (χ4n) is 2.26. The van der Waals surface area contributed by atoms with Gasteiger partial charge in [0, 0.05) is 6.20 Å². The Morgan fingerprint density at radius 2 is 1.96 bits per heavy atom. The predicted octanol–water partition coefficient (Wildman–Crippen LogP) is 1.68. The van der Waals surface area contributed by atoms with Gasteiger partial charge in [-0.1, -0.05) is 17.3 Å². The lowest BCUT2D eigenvalue weighted by molar-refractivity contribution is 0.199. The van der Waals surface area contributed by atoms with Gasteiger partial charge in [0.1, 0.15) is 24.1 Å². The molecule has 0 bridgehead atoms. The van der Waals surface area contributed by atoms with E-state index in [1.807, 2.05) is 36.5 Å². The van der Waals surface area contributed by atoms with E-state index in [0.717, 1.165) is 11.3 Å². The molecule has 1 aromatic carbocycles. The Balaban J connectivity index is 1.50. The van der Waals surface area contributed by atoms with Crippen LogP contribution in [0.1, 0.15) is 29.8 Å². The summed E-state index contributed by atoms with van der Waals surface area (Å²) in [7, 11) is 0. The normalized spacial score (nSPS) is 11.9. The van der Waals surface area contributed by atoms with Gasteiger partial charge in [-0.3, -0.25) is 9.36 Å². The van der Waals surface area contributed by atoms with Gasteiger partial charge >= 0.3 is 0 Å². The van der Waals surface area contributed by atoms with E-state index >= 15 is 0 Å². The first kappa shape index (κ1) is 16.7. The highest BCUT2D eigenvalue weighted by atomic mass is 16.5. The minimum absolute atomic E-state index is 0.314. The van der Waals surface area contributed by atoms with E-state index in [4.69, 9.17) is 10.00 Å². The van der Waals surface area contributed by atoms with E-state index < -0.39 is 6.10 Å². The summed E-state index contributed by atoms with van der Waals surface area (Å²) in [5.41, 5.74) is 2.10. The van der Waals surface area contributed by atoms with Crippen molar-refractivity contribution in [3.8, 4) is 11.8 Å². The molecule has 0 radical (unpaired) electrons. The monoisotopic (exact) mass is 338 g/mol. The number of aryl methyl sites for hydroxylation is 2. The van der Waals surface area contributed by atoms with Crippen molar-refractivity contribution in [1.29, 1.82) is 5.26 Å². The van der Waals surface area contributed by atoms with Crippen LogP contribution in [0.5, 0.6) is 5.75 Å². The third kappa shape index (κ3) is 4.43. The Labute approximate surface area is 144 Å². The average Bonchev–Trinajstić information content (AvgIpc) is 3.27. The van der Waals surface area contributed by atoms with Gasteiger partial charge in [0.15, 0.2) is 0 Å². The summed E-state index contributed by atoms with van der Waals surface area (Å²) in [6.07, 6.45) is 4.55. The van der Waals surface area contributed by atoms with Crippen molar-refractivity contribution >= 4 is 0 Å². The van der Waals surface area contributed by atoms with Crippen LogP contribution >= 0.6 is 0 Å². The van der Waals surface area contributed by atoms with Gasteiger partial charge in [-0.05, 0) is 24.6 Å². The molecule has 8 heteroatoms. The molecule has 25 heavy (non-hydrogen) atoms. The van der Waals surface area contributed by atoms with Gasteiger partial charge in [-0.25, -0.2) is 0 Å². The van der Waals surface area contributed by atoms with Gasteiger partial charge in [0.05, 0.1) is 37.2 Å². The minimum atomic E-state index is -0.493. The zero-order valence-corrected chi connectivity index (χ0v) is 13.8. The number of aromatic nitrogens is 5. The molecular formula is C17H18N6O2. The van der Waals surface area contributed by atoms with Gasteiger partial charge in [-0.15, -0.1) is 5.10 Å². The summed E-state index contributed by atoms with van der Waals surface area (Å²) in [6.45, 7) is 3.24. The van der Waals surface area contributed by atoms with Crippen molar-refractivity contribution in [1.82, 2.24) is 24.8 Å². The van der Waals surface area contributed by atoms with E-state index in [0.29, 0.717) is 31.0 Å². The van der Waals surface area contributed by atoms with E-state index in [1.165, 1.54) is 6.20 Å². The molecule has 3 aromatic rings. The molecule has 0 saturated carbocycles. The van der Waals surface area contributed by atoms with Crippen LogP contribution in [-0.2, 0) is 19.7 Å². The van der Waals surface area contributed by atoms with E-state index in [9.17, 15) is 5.11 Å². The molecule has 1 N–H and O–H groups in total. The molecule has 0 aliphatic rings. The maximum atomic E-state index is 9.49. The van der Waals surface area contributed by atoms with Gasteiger partial charge in [-0.2, -0.15) is 10.4 Å². The SMILES string of the molecule is CC(O)c1ccc(OCc2cn(CCn3cc(C#N)cn3)nn2)cc1. The topological polar surface area (TPSA) is 102 Å². The number of nitriles is 1. The van der Waals surface area contributed by atoms with Crippen LogP contribution in [-0.4, -0.2) is 29.9 Å². The maximum Gasteiger partial charge on any atom is 0.134 e. The van der Waals surface area contributed by atoms with E-state index in [2.05, 4.69) is 15.4 Å². The number of aliphatic hydroxyl groups excluding tert-OH is 1. The van der Waals surface area contributed by atoms with Crippen LogP contribution in [0.2, 0.25) is 0 Å². The number of nitrogens with zero attached hydrogens (tertiary/aromatic N) is 6. The zero-order valence-electron chi connectivity index (χ0n) is 13.8. The summed E-state index contributed by atoms with van der Waals surface area (Å²) in [4.78, 5) is 0. The van der Waals surface area contributed by atoms with E-state index in [-0.39, 0.29) is 0 Å². The molecule has 1 unspecified atom stereocenters. The molecule has 2 heterocycles. The highest BCUT2D eigenvalue weighted by molar-refractivity contribution is 5.28. The highest BCUT2D eigenvalue weighted by Gasteiger charge is 2.05. The summed E-state index contributed by atoms with van der Waals surface area (Å²) in [6, 6.07) is 9.34. The molecule has 0 amide bonds. The predicted molar refractivity (Wildman–Crippen MR) is 88.4 cm³/mol. The van der Waals surface area contributed by atoms with Crippen LogP contribution in [0.3, 0.4) is 0 Å². The lowest BCUT2D eigenvalue weighted by Crippen LogP contribution is -2.08. The zero-order chi connectivity index (χ0) is 17.6. The van der Waals surface area contributed by atoms with Crippen LogP contribution < -0.4 is 4.74 Å². The quantitative estimate of drug-likeness (QED) is 0.703. The summed E-state index contributed by atoms with van der Waals surface area (Å²) in [5, 5.41) is 30.5. The molecule has 1 atom stereocenters. The number of hydrogen-bond acceptors (Lipinski definition) is 6. The third-order valence-corrected chi connectivity index (χ3v) is 3.66. The number of rotatable bonds is 7. The molecule has 128 valence electrons. The van der Waals surface area contributed by atoms with Crippen molar-refractivity contribution in [2.24, 2.45) is 0 Å². The molecule has 8 nitrogen and oxygen atoms in total. The molecule has 0 saturated heterocycles. The fourth-order valence-corrected chi connectivity index (χ4v) is 2.26. The van der Waals surface area contributed by atoms with Crippen LogP contribution in [0.4, 0.5) is 0 Å². The second kappa shape index (κ2) is 7.59. The number of ether oxygens (including phenoxy) is 1. The average molecular weight is 338 g/mol. The van der Waals surface area contributed by atoms with Crippen LogP contribution in [0, 0.1) is 11.3 Å². The van der Waals surface area contributed by atoms with Crippen LogP contribution in [0.15, 0.2) is 42.9 Å². The van der Waals surface area contributed by atoms with Gasteiger partial charge in [0.2, 0.25) is 0 Å². The molecule has 3 rings (SSSR count). The lowest BCUT2D eigenvalue weighted by atomic mass is 10.1. The minimum Gasteiger partial charge on any atom is -0.487 e. The summed E-state index contributed by atoms with van der Waals surface area (Å²) in [5.74, 6) is 0.708. The van der Waals surface area contributed by atoms with Crippen molar-refractivity contribution in [3.05, 3.63) is 59.7 Å². The second-order valence-electron chi connectivity index (χ2n) is 5.61. The molecule has 0 aliphatic carbocycles. The Hall–Kier alpha value is -3.18. The summed E-state index contributed by atoms with van der Waals surface area (Å²) >= 11 is 0. The third-order valence-electron chi connectivity index (χ3n) is 3.66. The first-order chi connectivity index (χ1) is 12.1. The highest BCUT2D eigenvalue weighted by Crippen LogP contribution is 2.17. The number of benzene rings is 1. The smallest absolute Gasteiger partial charge is 0.134 e. The van der Waals surface area contributed by atoms with Crippen LogP contribution in [0.25, 0.3) is 0 Å². The largest absolute Gasteiger partial charge is 0.487 e. The molecule has 2 aromatic heterocycles. The standard InChI is InChI=1S/C17H18N6O2/c1-13(24)15-2-4-17(5-3-15)25-12-16-11-23(21-20-16)7-6-22-10-14(8-18)9-19-22/h2-5,9-11,13,24H,6-7,12H2,1H3. The Kier molecular flexibility index (Phi) is 5.06. The number of hydrogen-bond donors (Lipinski definition) is 1. The lowest BCUT2D eigenvalue weighted by Gasteiger charge is -2.07. The molecule has 0 fully saturated rings. The Morgan fingerprint density at radius 1 is 1.20 bits per heavy atom. The van der Waals surface area contributed by atoms with Crippen molar-refractivity contribution in [2.75, 3.05) is 0 Å². The van der Waals surface area contributed by atoms with E-state index in [1.54, 1.807) is 22.5 Å². The number of aliphatic hydroxyl groups is 1. The molecular weight excluding hydrogens is 320 g/mol. The first-order valence-corrected chi connectivity index (χ1v) is 7.86. The second-order valence-corrected chi connectivity index (χ2v) is 5.61. The van der Waals surface area contributed by atoms with Crippen molar-refractivity contribution < 1.29 is 9.84 Å². The van der Waals surface area contributed by atoms with Gasteiger partial charge < -0.3 is 9.84 Å². The maximum absolute atomic E-state index is 9.49. The Bertz CT molecular complexity index is 860. The molecule has 0 aliphatic heterocycles. The fraction of sp³-hybridized carbons (Fsp3) is 0.294. The van der Waals surface area contributed by atoms with Crippen molar-refractivity contribution in [3.63, 3.8) is 0 Å². The molecule has 0 spiro atoms. The van der Waals surface area contributed by atoms with Crippen molar-refractivity contribution in [2.45, 2.75) is 32.7 Å². The van der Waals surface area contributed by atoms with Gasteiger partial charge in [0.25, 0.3) is 0 Å². The first-order valence-electron chi connectivity index (χ1n) is 7.86. The Morgan fingerprint density at radius 3 is 2.64 bits per heavy atom.